The summed E-state index contributed by atoms with van der Waals surface area (Å²) in [5, 5.41) is 19.9. The van der Waals surface area contributed by atoms with Crippen molar-refractivity contribution in [3.63, 3.8) is 0 Å². The van der Waals surface area contributed by atoms with E-state index >= 15 is 0 Å². The molecule has 0 aliphatic heterocycles. The summed E-state index contributed by atoms with van der Waals surface area (Å²) >= 11 is 6.44. The molecule has 0 fully saturated rings. The summed E-state index contributed by atoms with van der Waals surface area (Å²) in [6.45, 7) is 1.79. The van der Waals surface area contributed by atoms with Crippen molar-refractivity contribution in [3.8, 4) is 0 Å². The van der Waals surface area contributed by atoms with Gasteiger partial charge in [0.15, 0.2) is 0 Å². The molecule has 0 aromatic heterocycles. The molecule has 0 saturated heterocycles. The lowest BCUT2D eigenvalue weighted by Crippen LogP contribution is -2.59. The van der Waals surface area contributed by atoms with E-state index in [1.807, 2.05) is 61.5 Å². The van der Waals surface area contributed by atoms with Gasteiger partial charge in [-0.3, -0.25) is 9.59 Å². The van der Waals surface area contributed by atoms with Crippen LogP contribution in [-0.2, 0) is 15.3 Å². The van der Waals surface area contributed by atoms with Crippen molar-refractivity contribution >= 4 is 51.4 Å². The summed E-state index contributed by atoms with van der Waals surface area (Å²) in [6, 6.07) is 17.6. The third-order valence-corrected chi connectivity index (χ3v) is 9.53. The topological polar surface area (TPSA) is 127 Å². The van der Waals surface area contributed by atoms with Crippen molar-refractivity contribution in [3.05, 3.63) is 64.6 Å². The molecule has 6 nitrogen and oxygen atoms in total. The van der Waals surface area contributed by atoms with Crippen LogP contribution in [0.3, 0.4) is 0 Å². The van der Waals surface area contributed by atoms with E-state index in [-0.39, 0.29) is 19.5 Å². The molecule has 2 aromatic rings. The summed E-state index contributed by atoms with van der Waals surface area (Å²) in [5.74, 6) is -1.75. The van der Waals surface area contributed by atoms with E-state index in [0.29, 0.717) is 17.9 Å². The molecular formula is C24H31BrN2O4S2. The average molecular weight is 556 g/mol. The number of rotatable bonds is 14. The second-order valence-electron chi connectivity index (χ2n) is 8.12. The fourth-order valence-corrected chi connectivity index (χ4v) is 6.81. The van der Waals surface area contributed by atoms with E-state index in [1.165, 1.54) is 11.8 Å². The Labute approximate surface area is 212 Å². The third-order valence-electron chi connectivity index (χ3n) is 6.16. The maximum absolute atomic E-state index is 12.6. The van der Waals surface area contributed by atoms with Crippen LogP contribution in [0.1, 0.15) is 25.3 Å². The molecule has 2 rings (SSSR count). The fourth-order valence-electron chi connectivity index (χ4n) is 3.98. The Morgan fingerprint density at radius 1 is 1.03 bits per heavy atom. The van der Waals surface area contributed by atoms with Gasteiger partial charge in [0.1, 0.15) is 0 Å². The first kappa shape index (κ1) is 27.7. The minimum Gasteiger partial charge on any atom is -0.481 e. The zero-order chi connectivity index (χ0) is 24.5. The van der Waals surface area contributed by atoms with E-state index < -0.39 is 28.0 Å². The Hall–Kier alpha value is -1.52. The van der Waals surface area contributed by atoms with E-state index in [0.717, 1.165) is 14.9 Å². The van der Waals surface area contributed by atoms with Gasteiger partial charge in [-0.15, -0.1) is 23.5 Å². The first-order valence-corrected chi connectivity index (χ1v) is 13.3. The molecule has 9 heteroatoms. The van der Waals surface area contributed by atoms with Gasteiger partial charge in [0.2, 0.25) is 0 Å². The lowest BCUT2D eigenvalue weighted by molar-refractivity contribution is -0.147. The quantitative estimate of drug-likeness (QED) is 0.247. The van der Waals surface area contributed by atoms with Crippen LogP contribution in [-0.4, -0.2) is 45.7 Å². The summed E-state index contributed by atoms with van der Waals surface area (Å²) < 4.78 is -0.0603. The van der Waals surface area contributed by atoms with E-state index in [2.05, 4.69) is 15.9 Å². The van der Waals surface area contributed by atoms with Crippen molar-refractivity contribution < 1.29 is 19.8 Å². The van der Waals surface area contributed by atoms with Crippen molar-refractivity contribution in [1.29, 1.82) is 0 Å². The van der Waals surface area contributed by atoms with E-state index in [4.69, 9.17) is 11.5 Å². The van der Waals surface area contributed by atoms with E-state index in [1.54, 1.807) is 11.8 Å². The second kappa shape index (κ2) is 12.8. The molecule has 0 heterocycles. The standard InChI is InChI=1S/C24H31BrN2O4S2/c1-23(24(15-26,16-27)13-21(28)29,33-14-17-7-9-18(25)10-8-17)20(22(30)31)11-12-32-19-5-3-2-4-6-19/h2-10,20H,11-16,26-27H2,1H3,(H,28,29)(H,30,31). The zero-order valence-electron chi connectivity index (χ0n) is 18.6. The predicted molar refractivity (Wildman–Crippen MR) is 140 cm³/mol. The average Bonchev–Trinajstić information content (AvgIpc) is 2.80. The molecule has 180 valence electrons. The number of thioether (sulfide) groups is 2. The maximum Gasteiger partial charge on any atom is 0.307 e. The first-order chi connectivity index (χ1) is 15.7. The van der Waals surface area contributed by atoms with E-state index in [9.17, 15) is 19.8 Å². The van der Waals surface area contributed by atoms with Crippen LogP contribution >= 0.6 is 39.5 Å². The molecule has 2 atom stereocenters. The van der Waals surface area contributed by atoms with Gasteiger partial charge < -0.3 is 21.7 Å². The molecule has 0 spiro atoms. The molecule has 0 amide bonds. The molecule has 0 radical (unpaired) electrons. The van der Waals surface area contributed by atoms with Gasteiger partial charge in [0.25, 0.3) is 0 Å². The van der Waals surface area contributed by atoms with Crippen LogP contribution in [0.15, 0.2) is 64.0 Å². The number of carboxylic acid groups (broad SMARTS) is 2. The zero-order valence-corrected chi connectivity index (χ0v) is 21.8. The highest BCUT2D eigenvalue weighted by atomic mass is 79.9. The van der Waals surface area contributed by atoms with Gasteiger partial charge in [0.05, 0.1) is 12.3 Å². The van der Waals surface area contributed by atoms with Crippen LogP contribution in [0.25, 0.3) is 0 Å². The molecule has 6 N–H and O–H groups in total. The number of aliphatic carboxylic acids is 2. The molecule has 0 saturated carbocycles. The Bertz CT molecular complexity index is 910. The van der Waals surface area contributed by atoms with Crippen molar-refractivity contribution in [2.45, 2.75) is 35.2 Å². The number of halogens is 1. The Kier molecular flexibility index (Phi) is 10.8. The third kappa shape index (κ3) is 7.23. The Morgan fingerprint density at radius 3 is 2.15 bits per heavy atom. The van der Waals surface area contributed by atoms with Gasteiger partial charge in [-0.25, -0.2) is 0 Å². The number of hydrogen-bond donors (Lipinski definition) is 4. The monoisotopic (exact) mass is 554 g/mol. The van der Waals surface area contributed by atoms with Crippen molar-refractivity contribution in [2.24, 2.45) is 22.8 Å². The minimum atomic E-state index is -1.08. The minimum absolute atomic E-state index is 0.0186. The largest absolute Gasteiger partial charge is 0.481 e. The van der Waals surface area contributed by atoms with Crippen LogP contribution in [0.5, 0.6) is 0 Å². The second-order valence-corrected chi connectivity index (χ2v) is 11.6. The smallest absolute Gasteiger partial charge is 0.307 e. The molecule has 0 bridgehead atoms. The molecule has 0 aliphatic carbocycles. The molecule has 0 aliphatic rings. The first-order valence-electron chi connectivity index (χ1n) is 10.6. The SMILES string of the molecule is CC(SCc1ccc(Br)cc1)(C(CCSc1ccccc1)C(=O)O)C(CN)(CN)CC(=O)O. The van der Waals surface area contributed by atoms with Gasteiger partial charge in [-0.05, 0) is 48.9 Å². The fraction of sp³-hybridized carbons (Fsp3) is 0.417. The summed E-state index contributed by atoms with van der Waals surface area (Å²) in [5.41, 5.74) is 12.2. The number of benzene rings is 2. The van der Waals surface area contributed by atoms with Crippen molar-refractivity contribution in [2.75, 3.05) is 18.8 Å². The highest BCUT2D eigenvalue weighted by Gasteiger charge is 2.54. The van der Waals surface area contributed by atoms with Gasteiger partial charge in [-0.1, -0.05) is 46.3 Å². The Balaban J connectivity index is 2.37. The molecule has 2 aromatic carbocycles. The number of carbonyl (C=O) groups is 2. The Morgan fingerprint density at radius 2 is 1.64 bits per heavy atom. The number of hydrogen-bond acceptors (Lipinski definition) is 6. The summed E-state index contributed by atoms with van der Waals surface area (Å²) in [4.78, 5) is 25.4. The predicted octanol–water partition coefficient (Wildman–Crippen LogP) is 4.70. The van der Waals surface area contributed by atoms with Crippen molar-refractivity contribution in [1.82, 2.24) is 0 Å². The van der Waals surface area contributed by atoms with Crippen LogP contribution in [0.2, 0.25) is 0 Å². The maximum atomic E-state index is 12.6. The molecule has 33 heavy (non-hydrogen) atoms. The number of carboxylic acids is 2. The van der Waals surface area contributed by atoms with Crippen LogP contribution in [0.4, 0.5) is 0 Å². The lowest BCUT2D eigenvalue weighted by Gasteiger charge is -2.50. The summed E-state index contributed by atoms with van der Waals surface area (Å²) in [6.07, 6.45) is 0.0690. The molecule has 2 unspecified atom stereocenters. The van der Waals surface area contributed by atoms with Crippen LogP contribution < -0.4 is 11.5 Å². The number of nitrogens with two attached hydrogens (primary N) is 2. The summed E-state index contributed by atoms with van der Waals surface area (Å²) in [7, 11) is 0. The van der Waals surface area contributed by atoms with Gasteiger partial charge in [-0.2, -0.15) is 0 Å². The lowest BCUT2D eigenvalue weighted by atomic mass is 9.66. The van der Waals surface area contributed by atoms with Crippen LogP contribution in [0, 0.1) is 11.3 Å². The van der Waals surface area contributed by atoms with Gasteiger partial charge >= 0.3 is 11.9 Å². The highest BCUT2D eigenvalue weighted by Crippen LogP contribution is 2.51. The van der Waals surface area contributed by atoms with Gasteiger partial charge in [0, 0.05) is 38.4 Å². The normalized spacial score (nSPS) is 14.4. The molecular weight excluding hydrogens is 524 g/mol. The highest BCUT2D eigenvalue weighted by molar-refractivity contribution is 9.10.